The summed E-state index contributed by atoms with van der Waals surface area (Å²) in [5.74, 6) is 1.06. The van der Waals surface area contributed by atoms with Crippen molar-refractivity contribution < 1.29 is 50.2 Å². The van der Waals surface area contributed by atoms with E-state index in [1.54, 1.807) is 6.07 Å². The van der Waals surface area contributed by atoms with Crippen LogP contribution in [0.15, 0.2) is 16.9 Å². The number of hydrogen-bond acceptors (Lipinski definition) is 5. The Labute approximate surface area is 271 Å². The number of primary amides is 1. The molecule has 1 aliphatic heterocycles. The van der Waals surface area contributed by atoms with Gasteiger partial charge in [-0.3, -0.25) is 9.59 Å². The summed E-state index contributed by atoms with van der Waals surface area (Å²) in [6.45, 7) is 19.4. The molecule has 5 rings (SSSR count). The molecule has 3 aromatic rings. The van der Waals surface area contributed by atoms with Gasteiger partial charge in [0.15, 0.2) is 0 Å². The fourth-order valence-corrected chi connectivity index (χ4v) is 5.73. The molecule has 7 nitrogen and oxygen atoms in total. The molecule has 1 aromatic carbocycles. The normalized spacial score (nSPS) is 11.5. The Morgan fingerprint density at radius 3 is 2.27 bits per heavy atom. The number of aromatic nitrogens is 2. The Bertz CT molecular complexity index is 1370. The molecule has 0 spiro atoms. The molecule has 3 N–H and O–H groups in total. The molecular formula is C31H42FN3O4SU. The molecule has 0 saturated heterocycles. The van der Waals surface area contributed by atoms with Gasteiger partial charge in [-0.05, 0) is 78.0 Å². The zero-order chi connectivity index (χ0) is 30.6. The molecule has 2 aliphatic rings. The van der Waals surface area contributed by atoms with Gasteiger partial charge in [-0.1, -0.05) is 41.1 Å². The van der Waals surface area contributed by atoms with Crippen LogP contribution >= 0.6 is 11.8 Å². The number of nitrogens with two attached hydrogens (primary N) is 1. The standard InChI is InChI=1S/C22H20FN2O.C5H12S.C2H6.CH3NO.CHO2.U/c1-4-13-11(2)8-19-21-16(10-25(19)22(13)26)15-7-5-6-14-12(3)17(23)9-18(24-21)20(14)15;1-4-6-5(2)3;1-2;2*2-1-3;/h8-9H,1,4-7,10H2,2-3H3;5H,4H2,1-3H3;1-2H3;1H,(H2,2,3);(H,2,3);/q-1;;;;-1;+2. The van der Waals surface area contributed by atoms with E-state index in [2.05, 4.69) is 33.4 Å². The first-order valence-electron chi connectivity index (χ1n) is 13.6. The number of nitrogens with zero attached hydrogens (tertiary/aromatic N) is 2. The minimum absolute atomic E-state index is 0. The summed E-state index contributed by atoms with van der Waals surface area (Å²) in [5.41, 5.74) is 12.6. The Morgan fingerprint density at radius 1 is 1.22 bits per heavy atom. The largest absolute Gasteiger partial charge is 2.00 e. The van der Waals surface area contributed by atoms with Gasteiger partial charge in [0.1, 0.15) is 5.82 Å². The summed E-state index contributed by atoms with van der Waals surface area (Å²) < 4.78 is 16.2. The molecule has 3 heterocycles. The van der Waals surface area contributed by atoms with Crippen molar-refractivity contribution in [3.8, 4) is 11.4 Å². The Morgan fingerprint density at radius 2 is 1.78 bits per heavy atom. The minimum atomic E-state index is -0.188. The van der Waals surface area contributed by atoms with Gasteiger partial charge in [-0.2, -0.15) is 18.2 Å². The van der Waals surface area contributed by atoms with Crippen LogP contribution in [-0.4, -0.2) is 38.5 Å². The molecule has 0 unspecified atom stereocenters. The van der Waals surface area contributed by atoms with E-state index in [0.717, 1.165) is 74.6 Å². The predicted molar refractivity (Wildman–Crippen MR) is 164 cm³/mol. The molecule has 41 heavy (non-hydrogen) atoms. The molecule has 0 radical (unpaired) electrons. The minimum Gasteiger partial charge on any atom is -0.665 e. The van der Waals surface area contributed by atoms with Crippen LogP contribution in [0.5, 0.6) is 0 Å². The SMILES string of the molecule is CC.CCSC(C)C.NC=O.O=[C-]O.[CH2-]Cc1c(C)cc2n(c1=O)Cc1c-2nc2cc(F)c(C)c3c2c1CCC3.[U+2]. The van der Waals surface area contributed by atoms with E-state index in [0.29, 0.717) is 19.4 Å². The zero-order valence-corrected chi connectivity index (χ0v) is 30.2. The van der Waals surface area contributed by atoms with Crippen LogP contribution in [0, 0.1) is 57.7 Å². The van der Waals surface area contributed by atoms with Crippen LogP contribution in [0.1, 0.15) is 74.4 Å². The van der Waals surface area contributed by atoms with Crippen molar-refractivity contribution in [3.05, 3.63) is 68.6 Å². The first-order chi connectivity index (χ1) is 19.1. The molecule has 222 valence electrons. The van der Waals surface area contributed by atoms with Crippen molar-refractivity contribution in [2.75, 3.05) is 5.75 Å². The predicted octanol–water partition coefficient (Wildman–Crippen LogP) is 5.93. The van der Waals surface area contributed by atoms with E-state index in [9.17, 15) is 9.18 Å². The summed E-state index contributed by atoms with van der Waals surface area (Å²) in [7, 11) is 0. The Balaban J connectivity index is 0.000000910. The average molecular weight is 810 g/mol. The van der Waals surface area contributed by atoms with Crippen molar-refractivity contribution in [2.45, 2.75) is 85.9 Å². The number of aryl methyl sites for hydroxylation is 3. The fraction of sp³-hybridized carbons (Fsp3) is 0.452. The summed E-state index contributed by atoms with van der Waals surface area (Å²) in [6.07, 6.45) is 3.60. The summed E-state index contributed by atoms with van der Waals surface area (Å²) in [6, 6.07) is 3.59. The van der Waals surface area contributed by atoms with Crippen molar-refractivity contribution in [2.24, 2.45) is 5.73 Å². The molecule has 0 saturated carbocycles. The number of halogens is 1. The van der Waals surface area contributed by atoms with Gasteiger partial charge in [0.25, 0.3) is 5.56 Å². The molecule has 1 amide bonds. The smallest absolute Gasteiger partial charge is 0.665 e. The van der Waals surface area contributed by atoms with Gasteiger partial charge < -0.3 is 27.1 Å². The summed E-state index contributed by atoms with van der Waals surface area (Å²) >= 11 is 1.99. The quantitative estimate of drug-likeness (QED) is 0.196. The molecule has 0 bridgehead atoms. The van der Waals surface area contributed by atoms with Gasteiger partial charge >= 0.3 is 31.1 Å². The summed E-state index contributed by atoms with van der Waals surface area (Å²) in [4.78, 5) is 34.5. The van der Waals surface area contributed by atoms with Crippen LogP contribution < -0.4 is 11.3 Å². The van der Waals surface area contributed by atoms with E-state index in [1.807, 2.05) is 50.1 Å². The maximum absolute atomic E-state index is 14.4. The molecule has 0 fully saturated rings. The van der Waals surface area contributed by atoms with Crippen molar-refractivity contribution in [1.29, 1.82) is 0 Å². The number of pyridine rings is 2. The first kappa shape index (κ1) is 38.9. The maximum Gasteiger partial charge on any atom is 2.00 e. The number of rotatable bonds is 3. The molecule has 0 atom stereocenters. The number of aliphatic hydroxyl groups excluding tert-OH is 1. The van der Waals surface area contributed by atoms with Crippen LogP contribution in [-0.2, 0) is 35.4 Å². The number of benzene rings is 1. The van der Waals surface area contributed by atoms with Gasteiger partial charge in [0.2, 0.25) is 6.41 Å². The molecule has 10 heteroatoms. The Kier molecular flexibility index (Phi) is 18.1. The van der Waals surface area contributed by atoms with Gasteiger partial charge in [0, 0.05) is 17.0 Å². The van der Waals surface area contributed by atoms with E-state index >= 15 is 0 Å². The van der Waals surface area contributed by atoms with Crippen molar-refractivity contribution in [1.82, 2.24) is 9.55 Å². The van der Waals surface area contributed by atoms with Crippen molar-refractivity contribution in [3.63, 3.8) is 0 Å². The number of amides is 1. The van der Waals surface area contributed by atoms with Gasteiger partial charge in [-0.25, -0.2) is 9.37 Å². The average Bonchev–Trinajstić information content (AvgIpc) is 3.28. The molecule has 2 aromatic heterocycles. The van der Waals surface area contributed by atoms with Crippen LogP contribution in [0.2, 0.25) is 0 Å². The van der Waals surface area contributed by atoms with Crippen LogP contribution in [0.4, 0.5) is 4.39 Å². The number of carbonyl (C=O) groups is 1. The van der Waals surface area contributed by atoms with E-state index in [-0.39, 0.29) is 48.9 Å². The second-order valence-corrected chi connectivity index (χ2v) is 11.0. The first-order valence-corrected chi connectivity index (χ1v) is 14.6. The molecular weight excluding hydrogens is 767 g/mol. The Hall–Kier alpha value is -2.15. The van der Waals surface area contributed by atoms with E-state index in [4.69, 9.17) is 19.7 Å². The van der Waals surface area contributed by atoms with Crippen LogP contribution in [0.25, 0.3) is 22.3 Å². The number of hydrogen-bond donors (Lipinski definition) is 2. The van der Waals surface area contributed by atoms with E-state index in [1.165, 1.54) is 11.3 Å². The number of thioether (sulfide) groups is 1. The fourth-order valence-electron chi connectivity index (χ4n) is 5.07. The third-order valence-electron chi connectivity index (χ3n) is 6.60. The van der Waals surface area contributed by atoms with Gasteiger partial charge in [0.05, 0.1) is 23.4 Å². The zero-order valence-electron chi connectivity index (χ0n) is 25.2. The summed E-state index contributed by atoms with van der Waals surface area (Å²) in [5, 5.41) is 8.69. The third kappa shape index (κ3) is 9.17. The topological polar surface area (TPSA) is 115 Å². The van der Waals surface area contributed by atoms with Crippen LogP contribution in [0.3, 0.4) is 0 Å². The molecule has 1 aliphatic carbocycles. The third-order valence-corrected chi connectivity index (χ3v) is 7.60. The number of fused-ring (bicyclic) bond motifs is 4. The monoisotopic (exact) mass is 809 g/mol. The second kappa shape index (κ2) is 19.1. The van der Waals surface area contributed by atoms with Crippen molar-refractivity contribution >= 4 is 35.5 Å². The second-order valence-electron chi connectivity index (χ2n) is 9.19. The van der Waals surface area contributed by atoms with E-state index < -0.39 is 0 Å². The maximum atomic E-state index is 14.4. The number of carbonyl (C=O) groups excluding carboxylic acids is 1. The van der Waals surface area contributed by atoms with Gasteiger partial charge in [-0.15, -0.1) is 0 Å².